The van der Waals surface area contributed by atoms with Crippen molar-refractivity contribution in [3.63, 3.8) is 0 Å². The summed E-state index contributed by atoms with van der Waals surface area (Å²) in [5.74, 6) is 0.295. The lowest BCUT2D eigenvalue weighted by molar-refractivity contribution is -0.126. The maximum atomic E-state index is 12.1. The van der Waals surface area contributed by atoms with Gasteiger partial charge in [0.1, 0.15) is 0 Å². The van der Waals surface area contributed by atoms with Gasteiger partial charge in [-0.15, -0.1) is 0 Å². The van der Waals surface area contributed by atoms with Crippen LogP contribution in [0.25, 0.3) is 0 Å². The van der Waals surface area contributed by atoms with Gasteiger partial charge in [0, 0.05) is 30.6 Å². The fraction of sp³-hybridized carbons (Fsp3) is 0.533. The molecule has 4 nitrogen and oxygen atoms in total. The lowest BCUT2D eigenvalue weighted by Crippen LogP contribution is -2.41. The number of halogens is 1. The van der Waals surface area contributed by atoms with Crippen molar-refractivity contribution >= 4 is 17.5 Å². The molecular formula is C15H22ClN3O. The van der Waals surface area contributed by atoms with Crippen LogP contribution in [0.15, 0.2) is 24.3 Å². The van der Waals surface area contributed by atoms with Gasteiger partial charge in [0.25, 0.3) is 0 Å². The van der Waals surface area contributed by atoms with Gasteiger partial charge in [-0.3, -0.25) is 4.79 Å². The molecule has 0 radical (unpaired) electrons. The van der Waals surface area contributed by atoms with Crippen molar-refractivity contribution in [1.82, 2.24) is 10.2 Å². The molecule has 0 aliphatic carbocycles. The van der Waals surface area contributed by atoms with Gasteiger partial charge in [0.15, 0.2) is 0 Å². The quantitative estimate of drug-likeness (QED) is 0.868. The summed E-state index contributed by atoms with van der Waals surface area (Å²) in [5.41, 5.74) is 6.62. The molecular weight excluding hydrogens is 274 g/mol. The molecule has 0 atom stereocenters. The van der Waals surface area contributed by atoms with E-state index in [1.807, 2.05) is 24.3 Å². The number of carbonyl (C=O) groups excluding carboxylic acids is 1. The van der Waals surface area contributed by atoms with Gasteiger partial charge in [-0.2, -0.15) is 0 Å². The summed E-state index contributed by atoms with van der Waals surface area (Å²) in [6.07, 6.45) is 1.85. The summed E-state index contributed by atoms with van der Waals surface area (Å²) < 4.78 is 0. The van der Waals surface area contributed by atoms with Crippen molar-refractivity contribution in [3.05, 3.63) is 34.9 Å². The van der Waals surface area contributed by atoms with Crippen LogP contribution in [-0.2, 0) is 11.3 Å². The average molecular weight is 296 g/mol. The van der Waals surface area contributed by atoms with Crippen molar-refractivity contribution < 1.29 is 4.79 Å². The second kappa shape index (κ2) is 7.62. The third-order valence-corrected chi connectivity index (χ3v) is 4.04. The first-order chi connectivity index (χ1) is 9.69. The largest absolute Gasteiger partial charge is 0.352 e. The average Bonchev–Trinajstić information content (AvgIpc) is 2.47. The molecule has 0 saturated carbocycles. The molecule has 1 fully saturated rings. The number of hydrogen-bond donors (Lipinski definition) is 2. The predicted octanol–water partition coefficient (Wildman–Crippen LogP) is 1.63. The SMILES string of the molecule is NCCN1CCC(C(=O)NCc2ccc(Cl)cc2)CC1. The van der Waals surface area contributed by atoms with E-state index in [2.05, 4.69) is 10.2 Å². The maximum Gasteiger partial charge on any atom is 0.223 e. The summed E-state index contributed by atoms with van der Waals surface area (Å²) in [6, 6.07) is 7.56. The number of nitrogens with one attached hydrogen (secondary N) is 1. The Labute approximate surface area is 125 Å². The Bertz CT molecular complexity index is 427. The fourth-order valence-corrected chi connectivity index (χ4v) is 2.66. The van der Waals surface area contributed by atoms with E-state index in [1.165, 1.54) is 0 Å². The van der Waals surface area contributed by atoms with Gasteiger partial charge in [-0.05, 0) is 43.6 Å². The van der Waals surface area contributed by atoms with E-state index in [-0.39, 0.29) is 11.8 Å². The summed E-state index contributed by atoms with van der Waals surface area (Å²) in [5, 5.41) is 3.72. The topological polar surface area (TPSA) is 58.4 Å². The molecule has 0 unspecified atom stereocenters. The second-order valence-electron chi connectivity index (χ2n) is 5.25. The van der Waals surface area contributed by atoms with Crippen LogP contribution < -0.4 is 11.1 Å². The smallest absolute Gasteiger partial charge is 0.223 e. The molecule has 1 aromatic rings. The predicted molar refractivity (Wildman–Crippen MR) is 81.5 cm³/mol. The highest BCUT2D eigenvalue weighted by atomic mass is 35.5. The van der Waals surface area contributed by atoms with Gasteiger partial charge >= 0.3 is 0 Å². The summed E-state index contributed by atoms with van der Waals surface area (Å²) >= 11 is 5.83. The number of piperidine rings is 1. The first-order valence-corrected chi connectivity index (χ1v) is 7.51. The van der Waals surface area contributed by atoms with E-state index >= 15 is 0 Å². The number of nitrogens with two attached hydrogens (primary N) is 1. The lowest BCUT2D eigenvalue weighted by Gasteiger charge is -2.30. The Morgan fingerprint density at radius 1 is 1.30 bits per heavy atom. The third-order valence-electron chi connectivity index (χ3n) is 3.78. The van der Waals surface area contributed by atoms with Gasteiger partial charge in [-0.25, -0.2) is 0 Å². The molecule has 20 heavy (non-hydrogen) atoms. The van der Waals surface area contributed by atoms with E-state index in [1.54, 1.807) is 0 Å². The van der Waals surface area contributed by atoms with Gasteiger partial charge < -0.3 is 16.0 Å². The zero-order chi connectivity index (χ0) is 14.4. The molecule has 5 heteroatoms. The van der Waals surface area contributed by atoms with E-state index in [0.717, 1.165) is 38.0 Å². The first kappa shape index (κ1) is 15.3. The van der Waals surface area contributed by atoms with Crippen LogP contribution in [0.2, 0.25) is 5.02 Å². The zero-order valence-corrected chi connectivity index (χ0v) is 12.4. The monoisotopic (exact) mass is 295 g/mol. The van der Waals surface area contributed by atoms with Gasteiger partial charge in [0.2, 0.25) is 5.91 Å². The Kier molecular flexibility index (Phi) is 5.83. The van der Waals surface area contributed by atoms with E-state index in [0.29, 0.717) is 18.1 Å². The molecule has 1 amide bonds. The van der Waals surface area contributed by atoms with E-state index in [9.17, 15) is 4.79 Å². The van der Waals surface area contributed by atoms with E-state index in [4.69, 9.17) is 17.3 Å². The molecule has 110 valence electrons. The normalized spacial score (nSPS) is 17.1. The number of nitrogens with zero attached hydrogens (tertiary/aromatic N) is 1. The molecule has 1 aliphatic rings. The summed E-state index contributed by atoms with van der Waals surface area (Å²) in [6.45, 7) is 4.12. The Balaban J connectivity index is 1.74. The molecule has 1 aromatic carbocycles. The maximum absolute atomic E-state index is 12.1. The summed E-state index contributed by atoms with van der Waals surface area (Å²) in [4.78, 5) is 14.4. The number of amides is 1. The molecule has 1 heterocycles. The van der Waals surface area contributed by atoms with Crippen molar-refractivity contribution in [2.24, 2.45) is 11.7 Å². The fourth-order valence-electron chi connectivity index (χ4n) is 2.54. The van der Waals surface area contributed by atoms with Crippen molar-refractivity contribution in [2.75, 3.05) is 26.2 Å². The van der Waals surface area contributed by atoms with Crippen LogP contribution in [0, 0.1) is 5.92 Å². The molecule has 2 rings (SSSR count). The highest BCUT2D eigenvalue weighted by Gasteiger charge is 2.24. The van der Waals surface area contributed by atoms with Gasteiger partial charge in [-0.1, -0.05) is 23.7 Å². The standard InChI is InChI=1S/C15H22ClN3O/c16-14-3-1-12(2-4-14)11-18-15(20)13-5-8-19(9-6-13)10-7-17/h1-4,13H,5-11,17H2,(H,18,20). The summed E-state index contributed by atoms with van der Waals surface area (Å²) in [7, 11) is 0. The van der Waals surface area contributed by atoms with Crippen LogP contribution in [0.5, 0.6) is 0 Å². The number of benzene rings is 1. The molecule has 3 N–H and O–H groups in total. The molecule has 0 spiro atoms. The minimum absolute atomic E-state index is 0.135. The van der Waals surface area contributed by atoms with E-state index < -0.39 is 0 Å². The minimum atomic E-state index is 0.135. The molecule has 1 saturated heterocycles. The third kappa shape index (κ3) is 4.47. The Morgan fingerprint density at radius 3 is 2.55 bits per heavy atom. The Hall–Kier alpha value is -1.10. The van der Waals surface area contributed by atoms with Crippen LogP contribution in [-0.4, -0.2) is 37.0 Å². The number of likely N-dealkylation sites (tertiary alicyclic amines) is 1. The molecule has 1 aliphatic heterocycles. The van der Waals surface area contributed by atoms with Crippen molar-refractivity contribution in [1.29, 1.82) is 0 Å². The first-order valence-electron chi connectivity index (χ1n) is 7.13. The van der Waals surface area contributed by atoms with Crippen LogP contribution in [0.1, 0.15) is 18.4 Å². The number of hydrogen-bond acceptors (Lipinski definition) is 3. The number of carbonyl (C=O) groups is 1. The Morgan fingerprint density at radius 2 is 1.95 bits per heavy atom. The van der Waals surface area contributed by atoms with Crippen molar-refractivity contribution in [2.45, 2.75) is 19.4 Å². The highest BCUT2D eigenvalue weighted by Crippen LogP contribution is 2.17. The lowest BCUT2D eigenvalue weighted by atomic mass is 9.96. The van der Waals surface area contributed by atoms with Crippen molar-refractivity contribution in [3.8, 4) is 0 Å². The molecule has 0 bridgehead atoms. The highest BCUT2D eigenvalue weighted by molar-refractivity contribution is 6.30. The second-order valence-corrected chi connectivity index (χ2v) is 5.69. The molecule has 0 aromatic heterocycles. The van der Waals surface area contributed by atoms with Crippen LogP contribution in [0.3, 0.4) is 0 Å². The zero-order valence-electron chi connectivity index (χ0n) is 11.6. The minimum Gasteiger partial charge on any atom is -0.352 e. The number of rotatable bonds is 5. The van der Waals surface area contributed by atoms with Crippen LogP contribution in [0.4, 0.5) is 0 Å². The van der Waals surface area contributed by atoms with Crippen LogP contribution >= 0.6 is 11.6 Å². The van der Waals surface area contributed by atoms with Gasteiger partial charge in [0.05, 0.1) is 0 Å².